The second kappa shape index (κ2) is 12.9. The Morgan fingerprint density at radius 2 is 1.80 bits per heavy atom. The smallest absolute Gasteiger partial charge is 0.218 e. The summed E-state index contributed by atoms with van der Waals surface area (Å²) in [6.07, 6.45) is 7.22. The number of carbonyl (C=O) groups is 1. The molecule has 0 aliphatic carbocycles. The number of rotatable bonds is 10. The third-order valence-corrected chi connectivity index (χ3v) is 9.11. The van der Waals surface area contributed by atoms with E-state index >= 15 is 0 Å². The van der Waals surface area contributed by atoms with Gasteiger partial charge < -0.3 is 14.6 Å². The highest BCUT2D eigenvalue weighted by molar-refractivity contribution is 6.36. The van der Waals surface area contributed by atoms with E-state index in [0.717, 1.165) is 49.0 Å². The molecule has 0 amide bonds. The number of piperidine rings is 1. The number of hydrogen-bond donors (Lipinski definition) is 1. The lowest BCUT2D eigenvalue weighted by Gasteiger charge is -2.37. The number of pyridine rings is 1. The molecule has 9 heteroatoms. The second-order valence-corrected chi connectivity index (χ2v) is 11.8. The Bertz CT molecular complexity index is 1740. The maximum atomic E-state index is 13.9. The molecule has 0 radical (unpaired) electrons. The van der Waals surface area contributed by atoms with E-state index in [-0.39, 0.29) is 11.7 Å². The van der Waals surface area contributed by atoms with Crippen molar-refractivity contribution in [2.45, 2.75) is 31.3 Å². The number of aliphatic hydroxyl groups is 1. The zero-order chi connectivity index (χ0) is 30.7. The maximum absolute atomic E-state index is 13.9. The molecule has 5 aromatic rings. The predicted octanol–water partition coefficient (Wildman–Crippen LogP) is 6.35. The molecule has 0 spiro atoms. The number of ether oxygens (including phenoxy) is 1. The normalized spacial score (nSPS) is 15.7. The van der Waals surface area contributed by atoms with E-state index in [2.05, 4.69) is 10.00 Å². The van der Waals surface area contributed by atoms with Crippen LogP contribution in [0.15, 0.2) is 85.2 Å². The van der Waals surface area contributed by atoms with E-state index in [1.54, 1.807) is 30.1 Å². The van der Waals surface area contributed by atoms with Crippen molar-refractivity contribution in [1.82, 2.24) is 19.7 Å². The third-order valence-electron chi connectivity index (χ3n) is 8.68. The molecule has 6 rings (SSSR count). The molecular weight excluding hydrogens is 579 g/mol. The molecule has 44 heavy (non-hydrogen) atoms. The first kappa shape index (κ1) is 29.9. The summed E-state index contributed by atoms with van der Waals surface area (Å²) in [4.78, 5) is 17.9. The van der Waals surface area contributed by atoms with Crippen LogP contribution < -0.4 is 4.74 Å². The number of carbonyl (C=O) groups excluding carboxylic acids is 1. The van der Waals surface area contributed by atoms with Gasteiger partial charge in [0.25, 0.3) is 0 Å². The average Bonchev–Trinajstić information content (AvgIpc) is 3.59. The summed E-state index contributed by atoms with van der Waals surface area (Å²) in [5, 5.41) is 17.9. The first-order chi connectivity index (χ1) is 21.4. The molecule has 1 aliphatic heterocycles. The Balaban J connectivity index is 1.36. The topological polar surface area (TPSA) is 80.5 Å². The number of fused-ring (bicyclic) bond motifs is 1. The van der Waals surface area contributed by atoms with E-state index in [4.69, 9.17) is 21.3 Å². The molecule has 1 N–H and O–H groups in total. The predicted molar refractivity (Wildman–Crippen MR) is 169 cm³/mol. The summed E-state index contributed by atoms with van der Waals surface area (Å²) < 4.78 is 21.4. The van der Waals surface area contributed by atoms with Gasteiger partial charge in [-0.3, -0.25) is 4.90 Å². The Morgan fingerprint density at radius 1 is 1.07 bits per heavy atom. The standard InChI is InChI=1S/C35H34ClFN4O3/c1-44-34-31(21-24-3-10-29(11-4-24)41-16-2-15-38-41)33(36)30-22-27(7-12-32(30)39-34)35(43,26-5-8-28(37)9-6-26)23-25-13-17-40(18-14-25)19-20-42/h2-12,15-16,20,22,25,43H,13-14,17-19,21,23H2,1H3. The van der Waals surface area contributed by atoms with Gasteiger partial charge in [-0.15, -0.1) is 0 Å². The third kappa shape index (κ3) is 6.11. The van der Waals surface area contributed by atoms with Crippen molar-refractivity contribution in [3.05, 3.63) is 118 Å². The summed E-state index contributed by atoms with van der Waals surface area (Å²) in [5.74, 6) is 0.300. The minimum absolute atomic E-state index is 0.216. The Hall–Kier alpha value is -4.11. The van der Waals surface area contributed by atoms with Crippen LogP contribution >= 0.6 is 11.6 Å². The van der Waals surface area contributed by atoms with Crippen LogP contribution in [0.5, 0.6) is 5.88 Å². The van der Waals surface area contributed by atoms with Gasteiger partial charge >= 0.3 is 0 Å². The van der Waals surface area contributed by atoms with Crippen LogP contribution in [0, 0.1) is 11.7 Å². The fourth-order valence-electron chi connectivity index (χ4n) is 6.24. The van der Waals surface area contributed by atoms with Crippen LogP contribution in [-0.4, -0.2) is 57.8 Å². The van der Waals surface area contributed by atoms with Gasteiger partial charge in [-0.2, -0.15) is 5.10 Å². The van der Waals surface area contributed by atoms with Crippen molar-refractivity contribution in [3.63, 3.8) is 0 Å². The zero-order valence-electron chi connectivity index (χ0n) is 24.5. The average molecular weight is 613 g/mol. The highest BCUT2D eigenvalue weighted by Crippen LogP contribution is 2.42. The molecule has 7 nitrogen and oxygen atoms in total. The summed E-state index contributed by atoms with van der Waals surface area (Å²) in [7, 11) is 1.58. The van der Waals surface area contributed by atoms with Gasteiger partial charge in [0.1, 0.15) is 17.7 Å². The van der Waals surface area contributed by atoms with E-state index in [1.165, 1.54) is 12.1 Å². The number of aromatic nitrogens is 3. The number of aldehydes is 1. The molecule has 0 bridgehead atoms. The number of hydrogen-bond acceptors (Lipinski definition) is 6. The van der Waals surface area contributed by atoms with Crippen molar-refractivity contribution in [2.75, 3.05) is 26.7 Å². The van der Waals surface area contributed by atoms with Crippen molar-refractivity contribution < 1.29 is 19.0 Å². The summed E-state index contributed by atoms with van der Waals surface area (Å²) in [6, 6.07) is 21.6. The van der Waals surface area contributed by atoms with Crippen LogP contribution in [0.1, 0.15) is 41.5 Å². The molecule has 226 valence electrons. The number of likely N-dealkylation sites (tertiary alicyclic amines) is 1. The van der Waals surface area contributed by atoms with Crippen LogP contribution in [0.2, 0.25) is 5.02 Å². The fourth-order valence-corrected chi connectivity index (χ4v) is 6.54. The molecule has 1 atom stereocenters. The van der Waals surface area contributed by atoms with Crippen molar-refractivity contribution in [3.8, 4) is 11.6 Å². The quantitative estimate of drug-likeness (QED) is 0.185. The maximum Gasteiger partial charge on any atom is 0.218 e. The first-order valence-electron chi connectivity index (χ1n) is 14.8. The first-order valence-corrected chi connectivity index (χ1v) is 15.2. The highest BCUT2D eigenvalue weighted by Gasteiger charge is 2.36. The van der Waals surface area contributed by atoms with Gasteiger partial charge in [0.05, 0.1) is 29.9 Å². The fraction of sp³-hybridized carbons (Fsp3) is 0.286. The zero-order valence-corrected chi connectivity index (χ0v) is 25.3. The summed E-state index contributed by atoms with van der Waals surface area (Å²) >= 11 is 7.12. The Labute approximate surface area is 260 Å². The minimum Gasteiger partial charge on any atom is -0.481 e. The lowest BCUT2D eigenvalue weighted by Crippen LogP contribution is -2.38. The van der Waals surface area contributed by atoms with Gasteiger partial charge in [0.15, 0.2) is 0 Å². The van der Waals surface area contributed by atoms with E-state index < -0.39 is 5.60 Å². The highest BCUT2D eigenvalue weighted by atomic mass is 35.5. The number of benzene rings is 3. The lowest BCUT2D eigenvalue weighted by atomic mass is 9.76. The van der Waals surface area contributed by atoms with Crippen LogP contribution in [0.4, 0.5) is 4.39 Å². The number of nitrogens with zero attached hydrogens (tertiary/aromatic N) is 4. The molecule has 1 unspecified atom stereocenters. The number of halogens is 2. The van der Waals surface area contributed by atoms with Crippen molar-refractivity contribution in [2.24, 2.45) is 5.92 Å². The van der Waals surface area contributed by atoms with Gasteiger partial charge in [-0.25, -0.2) is 14.1 Å². The Kier molecular flexibility index (Phi) is 8.75. The molecule has 0 saturated carbocycles. The molecule has 2 aromatic heterocycles. The molecule has 1 saturated heterocycles. The van der Waals surface area contributed by atoms with E-state index in [1.807, 2.05) is 54.7 Å². The minimum atomic E-state index is -1.38. The van der Waals surface area contributed by atoms with Crippen molar-refractivity contribution in [1.29, 1.82) is 0 Å². The summed E-state index contributed by atoms with van der Waals surface area (Å²) in [5.41, 5.74) is 3.27. The molecule has 1 fully saturated rings. The molecule has 1 aliphatic rings. The Morgan fingerprint density at radius 3 is 2.45 bits per heavy atom. The molecule has 3 heterocycles. The van der Waals surface area contributed by atoms with Crippen LogP contribution in [-0.2, 0) is 16.8 Å². The van der Waals surface area contributed by atoms with Gasteiger partial charge in [0, 0.05) is 29.8 Å². The molecular formula is C35H34ClFN4O3. The molecule has 3 aromatic carbocycles. The van der Waals surface area contributed by atoms with E-state index in [9.17, 15) is 14.3 Å². The second-order valence-electron chi connectivity index (χ2n) is 11.4. The van der Waals surface area contributed by atoms with E-state index in [0.29, 0.717) is 52.3 Å². The van der Waals surface area contributed by atoms with Gasteiger partial charge in [0.2, 0.25) is 5.88 Å². The summed E-state index contributed by atoms with van der Waals surface area (Å²) in [6.45, 7) is 2.01. The lowest BCUT2D eigenvalue weighted by molar-refractivity contribution is -0.109. The number of methoxy groups -OCH3 is 1. The SMILES string of the molecule is COc1nc2ccc(C(O)(CC3CCN(CC=O)CC3)c3ccc(F)cc3)cc2c(Cl)c1Cc1ccc(-n2cccn2)cc1. The largest absolute Gasteiger partial charge is 0.481 e. The van der Waals surface area contributed by atoms with Gasteiger partial charge in [-0.05, 0) is 97.4 Å². The van der Waals surface area contributed by atoms with Crippen LogP contribution in [0.25, 0.3) is 16.6 Å². The van der Waals surface area contributed by atoms with Gasteiger partial charge in [-0.1, -0.05) is 41.9 Å². The van der Waals surface area contributed by atoms with Crippen LogP contribution in [0.3, 0.4) is 0 Å². The monoisotopic (exact) mass is 612 g/mol. The van der Waals surface area contributed by atoms with Crippen molar-refractivity contribution >= 4 is 28.8 Å².